The summed E-state index contributed by atoms with van der Waals surface area (Å²) >= 11 is 4.05. The summed E-state index contributed by atoms with van der Waals surface area (Å²) in [5, 5.41) is 6.53. The van der Waals surface area contributed by atoms with Gasteiger partial charge in [-0.15, -0.1) is 0 Å². The Bertz CT molecular complexity index is 522. The summed E-state index contributed by atoms with van der Waals surface area (Å²) in [5.74, 6) is -0.370. The molecule has 0 radical (unpaired) electrons. The lowest BCUT2D eigenvalue weighted by molar-refractivity contribution is 0.622. The Morgan fingerprint density at radius 3 is 2.93 bits per heavy atom. The molecule has 0 fully saturated rings. The maximum atomic E-state index is 13.1. The van der Waals surface area contributed by atoms with Crippen molar-refractivity contribution in [3.8, 4) is 10.6 Å². The number of benzene rings is 1. The van der Waals surface area contributed by atoms with Gasteiger partial charge in [-0.05, 0) is 22.0 Å². The van der Waals surface area contributed by atoms with Crippen molar-refractivity contribution in [1.82, 2.24) is 10.2 Å². The van der Waals surface area contributed by atoms with E-state index in [1.54, 1.807) is 12.1 Å². The molecule has 1 aromatic carbocycles. The number of hydrogen-bond acceptors (Lipinski definition) is 3. The third kappa shape index (κ3) is 1.62. The predicted octanol–water partition coefficient (Wildman–Crippen LogP) is 2.40. The van der Waals surface area contributed by atoms with E-state index in [4.69, 9.17) is 0 Å². The quantitative estimate of drug-likeness (QED) is 0.868. The molecule has 1 aromatic heterocycles. The molecule has 72 valence electrons. The fraction of sp³-hybridized carbons (Fsp3) is 0. The summed E-state index contributed by atoms with van der Waals surface area (Å²) in [6.45, 7) is 0. The first-order valence-corrected chi connectivity index (χ1v) is 5.29. The van der Waals surface area contributed by atoms with Crippen molar-refractivity contribution in [2.75, 3.05) is 0 Å². The standard InChI is InChI=1S/C8H4BrFN2OS/c9-6-4(2-1-3-5(6)10)7-11-12-8(13)14-7/h1-3H,(H,12,13). The highest BCUT2D eigenvalue weighted by Gasteiger charge is 2.10. The Morgan fingerprint density at radius 2 is 2.29 bits per heavy atom. The van der Waals surface area contributed by atoms with Gasteiger partial charge in [-0.2, -0.15) is 5.10 Å². The molecule has 0 spiro atoms. The van der Waals surface area contributed by atoms with E-state index in [-0.39, 0.29) is 10.7 Å². The van der Waals surface area contributed by atoms with Crippen LogP contribution in [0.3, 0.4) is 0 Å². The van der Waals surface area contributed by atoms with Gasteiger partial charge in [0, 0.05) is 5.56 Å². The monoisotopic (exact) mass is 274 g/mol. The van der Waals surface area contributed by atoms with E-state index in [9.17, 15) is 9.18 Å². The summed E-state index contributed by atoms with van der Waals surface area (Å²) in [6.07, 6.45) is 0. The maximum absolute atomic E-state index is 13.1. The van der Waals surface area contributed by atoms with Crippen molar-refractivity contribution < 1.29 is 4.39 Å². The van der Waals surface area contributed by atoms with Crippen LogP contribution < -0.4 is 4.87 Å². The molecule has 2 rings (SSSR count). The van der Waals surface area contributed by atoms with E-state index >= 15 is 0 Å². The first kappa shape index (κ1) is 9.54. The maximum Gasteiger partial charge on any atom is 0.322 e. The molecular weight excluding hydrogens is 271 g/mol. The minimum absolute atomic E-state index is 0.254. The zero-order valence-electron chi connectivity index (χ0n) is 6.75. The third-order valence-electron chi connectivity index (χ3n) is 1.62. The average Bonchev–Trinajstić information content (AvgIpc) is 2.57. The molecule has 0 aliphatic rings. The van der Waals surface area contributed by atoms with Crippen molar-refractivity contribution in [3.05, 3.63) is 38.2 Å². The molecule has 1 heterocycles. The average molecular weight is 275 g/mol. The van der Waals surface area contributed by atoms with Gasteiger partial charge in [-0.1, -0.05) is 23.5 Å². The van der Waals surface area contributed by atoms with Crippen molar-refractivity contribution >= 4 is 27.3 Å². The highest BCUT2D eigenvalue weighted by molar-refractivity contribution is 9.10. The molecule has 6 heteroatoms. The minimum atomic E-state index is -0.370. The Kier molecular flexibility index (Phi) is 2.47. The van der Waals surface area contributed by atoms with Crippen LogP contribution in [0.5, 0.6) is 0 Å². The first-order valence-electron chi connectivity index (χ1n) is 3.68. The van der Waals surface area contributed by atoms with Crippen molar-refractivity contribution in [1.29, 1.82) is 0 Å². The lowest BCUT2D eigenvalue weighted by Crippen LogP contribution is -1.90. The van der Waals surface area contributed by atoms with Crippen LogP contribution in [0.4, 0.5) is 4.39 Å². The molecule has 0 unspecified atom stereocenters. The third-order valence-corrected chi connectivity index (χ3v) is 3.21. The molecule has 0 saturated carbocycles. The summed E-state index contributed by atoms with van der Waals surface area (Å²) in [7, 11) is 0. The van der Waals surface area contributed by atoms with Crippen molar-refractivity contribution in [3.63, 3.8) is 0 Å². The first-order chi connectivity index (χ1) is 6.68. The summed E-state index contributed by atoms with van der Waals surface area (Å²) < 4.78 is 13.4. The number of rotatable bonds is 1. The second kappa shape index (κ2) is 3.62. The van der Waals surface area contributed by atoms with E-state index in [1.807, 2.05) is 0 Å². The fourth-order valence-corrected chi connectivity index (χ4v) is 2.24. The number of halogens is 2. The van der Waals surface area contributed by atoms with E-state index in [0.717, 1.165) is 11.3 Å². The van der Waals surface area contributed by atoms with E-state index < -0.39 is 0 Å². The molecule has 0 aliphatic heterocycles. The summed E-state index contributed by atoms with van der Waals surface area (Å²) in [4.78, 5) is 10.6. The van der Waals surface area contributed by atoms with Crippen LogP contribution in [-0.4, -0.2) is 10.2 Å². The Labute approximate surface area is 90.7 Å². The Morgan fingerprint density at radius 1 is 1.50 bits per heavy atom. The number of H-pyrrole nitrogens is 1. The van der Waals surface area contributed by atoms with Crippen LogP contribution >= 0.6 is 27.3 Å². The van der Waals surface area contributed by atoms with Crippen LogP contribution in [0, 0.1) is 5.82 Å². The molecule has 0 atom stereocenters. The molecule has 2 aromatic rings. The number of nitrogens with zero attached hydrogens (tertiary/aromatic N) is 1. The van der Waals surface area contributed by atoms with Crippen LogP contribution in [0.25, 0.3) is 10.6 Å². The summed E-state index contributed by atoms with van der Waals surface area (Å²) in [6, 6.07) is 4.60. The smallest absolute Gasteiger partial charge is 0.255 e. The van der Waals surface area contributed by atoms with Gasteiger partial charge in [0.1, 0.15) is 10.8 Å². The molecular formula is C8H4BrFN2OS. The second-order valence-corrected chi connectivity index (χ2v) is 4.27. The molecule has 3 nitrogen and oxygen atoms in total. The van der Waals surface area contributed by atoms with Crippen LogP contribution in [-0.2, 0) is 0 Å². The number of hydrogen-bond donors (Lipinski definition) is 1. The van der Waals surface area contributed by atoms with Gasteiger partial charge in [0.05, 0.1) is 4.47 Å². The zero-order valence-corrected chi connectivity index (χ0v) is 9.15. The fourth-order valence-electron chi connectivity index (χ4n) is 1.01. The van der Waals surface area contributed by atoms with Gasteiger partial charge in [-0.3, -0.25) is 4.79 Å². The van der Waals surface area contributed by atoms with Crippen LogP contribution in [0.1, 0.15) is 0 Å². The van der Waals surface area contributed by atoms with Gasteiger partial charge >= 0.3 is 4.87 Å². The van der Waals surface area contributed by atoms with E-state index in [0.29, 0.717) is 15.0 Å². The molecule has 0 aliphatic carbocycles. The van der Waals surface area contributed by atoms with Crippen LogP contribution in [0.2, 0.25) is 0 Å². The lowest BCUT2D eigenvalue weighted by atomic mass is 10.2. The number of aromatic amines is 1. The number of aromatic nitrogens is 2. The van der Waals surface area contributed by atoms with Crippen molar-refractivity contribution in [2.24, 2.45) is 0 Å². The van der Waals surface area contributed by atoms with Crippen LogP contribution in [0.15, 0.2) is 27.5 Å². The zero-order chi connectivity index (χ0) is 10.1. The lowest BCUT2D eigenvalue weighted by Gasteiger charge is -1.99. The minimum Gasteiger partial charge on any atom is -0.255 e. The van der Waals surface area contributed by atoms with E-state index in [2.05, 4.69) is 26.1 Å². The molecule has 1 N–H and O–H groups in total. The van der Waals surface area contributed by atoms with Gasteiger partial charge < -0.3 is 0 Å². The van der Waals surface area contributed by atoms with Crippen molar-refractivity contribution in [2.45, 2.75) is 0 Å². The normalized spacial score (nSPS) is 10.4. The molecule has 14 heavy (non-hydrogen) atoms. The van der Waals surface area contributed by atoms with Gasteiger partial charge in [0.25, 0.3) is 0 Å². The topological polar surface area (TPSA) is 45.8 Å². The van der Waals surface area contributed by atoms with Gasteiger partial charge in [-0.25, -0.2) is 9.49 Å². The molecule has 0 bridgehead atoms. The van der Waals surface area contributed by atoms with E-state index in [1.165, 1.54) is 6.07 Å². The highest BCUT2D eigenvalue weighted by Crippen LogP contribution is 2.29. The molecule has 0 amide bonds. The Hall–Kier alpha value is -1.01. The van der Waals surface area contributed by atoms with Gasteiger partial charge in [0.15, 0.2) is 0 Å². The Balaban J connectivity index is 2.62. The van der Waals surface area contributed by atoms with Gasteiger partial charge in [0.2, 0.25) is 0 Å². The molecule has 0 saturated heterocycles. The highest BCUT2D eigenvalue weighted by atomic mass is 79.9. The largest absolute Gasteiger partial charge is 0.322 e. The SMILES string of the molecule is O=c1[nH]nc(-c2cccc(F)c2Br)s1. The second-order valence-electron chi connectivity index (χ2n) is 2.52. The predicted molar refractivity (Wildman–Crippen MR) is 55.8 cm³/mol. The number of nitrogens with one attached hydrogen (secondary N) is 1. The summed E-state index contributed by atoms with van der Waals surface area (Å²) in [5.41, 5.74) is 0.577.